The summed E-state index contributed by atoms with van der Waals surface area (Å²) in [5.74, 6) is -1.08. The van der Waals surface area contributed by atoms with Crippen molar-refractivity contribution < 1.29 is 54.4 Å². The summed E-state index contributed by atoms with van der Waals surface area (Å²) in [6.45, 7) is 5.19. The molecule has 11 nitrogen and oxygen atoms in total. The number of carboxylic acids is 1. The van der Waals surface area contributed by atoms with Gasteiger partial charge in [-0.3, -0.25) is 0 Å². The summed E-state index contributed by atoms with van der Waals surface area (Å²) in [5.41, 5.74) is 0. The lowest BCUT2D eigenvalue weighted by Crippen LogP contribution is -2.63. The lowest BCUT2D eigenvalue weighted by molar-refractivity contribution is -0.358. The quantitative estimate of drug-likeness (QED) is 0.102. The number of rotatable bonds is 15. The molecule has 0 aromatic rings. The van der Waals surface area contributed by atoms with Crippen molar-refractivity contribution in [3.63, 3.8) is 0 Å². The van der Waals surface area contributed by atoms with Gasteiger partial charge < -0.3 is 49.6 Å². The van der Waals surface area contributed by atoms with E-state index in [1.807, 2.05) is 0 Å². The van der Waals surface area contributed by atoms with Crippen LogP contribution in [0.1, 0.15) is 85.0 Å². The smallest absolute Gasteiger partial charge is 0.331 e. The highest BCUT2D eigenvalue weighted by atomic mass is 16.8. The minimum atomic E-state index is -1.65. The molecule has 0 unspecified atom stereocenters. The molecule has 2 aliphatic heterocycles. The second kappa shape index (κ2) is 15.9. The molecule has 2 saturated heterocycles. The molecule has 6 N–H and O–H groups in total. The molecular formula is C26H46O11. The molecule has 0 aromatic carbocycles. The Hall–Kier alpha value is -1.31. The van der Waals surface area contributed by atoms with Crippen molar-refractivity contribution in [2.45, 2.75) is 146 Å². The summed E-state index contributed by atoms with van der Waals surface area (Å²) in [6, 6.07) is 0. The number of hydrogen-bond donors (Lipinski definition) is 6. The first-order chi connectivity index (χ1) is 17.6. The van der Waals surface area contributed by atoms with Gasteiger partial charge in [-0.25, -0.2) is 4.79 Å². The van der Waals surface area contributed by atoms with Crippen LogP contribution >= 0.6 is 0 Å². The highest BCUT2D eigenvalue weighted by Gasteiger charge is 2.50. The second-order valence-corrected chi connectivity index (χ2v) is 10.1. The van der Waals surface area contributed by atoms with E-state index >= 15 is 0 Å². The van der Waals surface area contributed by atoms with Crippen LogP contribution in [0.15, 0.2) is 11.8 Å². The number of ether oxygens (including phenoxy) is 4. The van der Waals surface area contributed by atoms with E-state index in [0.29, 0.717) is 12.8 Å². The minimum absolute atomic E-state index is 0.124. The molecule has 0 aromatic heterocycles. The van der Waals surface area contributed by atoms with Crippen LogP contribution in [0.4, 0.5) is 0 Å². The van der Waals surface area contributed by atoms with Crippen molar-refractivity contribution in [3.8, 4) is 0 Å². The predicted molar refractivity (Wildman–Crippen MR) is 132 cm³/mol. The Morgan fingerprint density at radius 3 is 1.81 bits per heavy atom. The summed E-state index contributed by atoms with van der Waals surface area (Å²) >= 11 is 0. The SMILES string of the molecule is CCCCCCCCCCCC(=CC(=O)O)O[C@H]1O[C@@H](C)[C@H](O)[C@@H](O)[C@H]1O[C@H]1O[C@@H](C)[C@@H](O)[C@H](O)[C@@H]1O. The molecule has 2 aliphatic rings. The molecule has 0 amide bonds. The van der Waals surface area contributed by atoms with Crippen molar-refractivity contribution in [1.29, 1.82) is 0 Å². The fourth-order valence-corrected chi connectivity index (χ4v) is 4.58. The maximum atomic E-state index is 11.4. The van der Waals surface area contributed by atoms with Gasteiger partial charge >= 0.3 is 5.97 Å². The van der Waals surface area contributed by atoms with Crippen molar-refractivity contribution >= 4 is 5.97 Å². The molecule has 0 bridgehead atoms. The van der Waals surface area contributed by atoms with Gasteiger partial charge in [0.25, 0.3) is 0 Å². The molecule has 11 heteroatoms. The zero-order chi connectivity index (χ0) is 27.5. The molecule has 0 aliphatic carbocycles. The van der Waals surface area contributed by atoms with Gasteiger partial charge in [-0.15, -0.1) is 0 Å². The van der Waals surface area contributed by atoms with Crippen molar-refractivity contribution in [1.82, 2.24) is 0 Å². The molecule has 2 rings (SSSR count). The molecule has 0 radical (unpaired) electrons. The molecule has 0 spiro atoms. The molecule has 0 saturated carbocycles. The van der Waals surface area contributed by atoms with Crippen LogP contribution in [0.3, 0.4) is 0 Å². The van der Waals surface area contributed by atoms with Gasteiger partial charge in [0, 0.05) is 6.42 Å². The van der Waals surface area contributed by atoms with Crippen molar-refractivity contribution in [3.05, 3.63) is 11.8 Å². The van der Waals surface area contributed by atoms with E-state index in [0.717, 1.165) is 25.3 Å². The second-order valence-electron chi connectivity index (χ2n) is 10.1. The summed E-state index contributed by atoms with van der Waals surface area (Å²) in [4.78, 5) is 11.4. The Kier molecular flexibility index (Phi) is 13.8. The first-order valence-electron chi connectivity index (χ1n) is 13.5. The maximum Gasteiger partial charge on any atom is 0.331 e. The zero-order valence-electron chi connectivity index (χ0n) is 22.1. The number of carbonyl (C=O) groups is 1. The highest BCUT2D eigenvalue weighted by molar-refractivity contribution is 5.80. The van der Waals surface area contributed by atoms with E-state index in [2.05, 4.69) is 6.92 Å². The first-order valence-corrected chi connectivity index (χ1v) is 13.5. The molecule has 216 valence electrons. The number of aliphatic hydroxyl groups is 5. The normalized spacial score (nSPS) is 36.9. The average Bonchev–Trinajstić information content (AvgIpc) is 2.85. The zero-order valence-corrected chi connectivity index (χ0v) is 22.1. The van der Waals surface area contributed by atoms with E-state index in [1.54, 1.807) is 0 Å². The summed E-state index contributed by atoms with van der Waals surface area (Å²) < 4.78 is 22.7. The number of carboxylic acid groups (broad SMARTS) is 1. The minimum Gasteiger partial charge on any atom is -0.478 e. The molecule has 37 heavy (non-hydrogen) atoms. The lowest BCUT2D eigenvalue weighted by Gasteiger charge is -2.45. The monoisotopic (exact) mass is 534 g/mol. The van der Waals surface area contributed by atoms with E-state index in [1.165, 1.54) is 46.0 Å². The Morgan fingerprint density at radius 1 is 0.730 bits per heavy atom. The van der Waals surface area contributed by atoms with E-state index < -0.39 is 67.4 Å². The van der Waals surface area contributed by atoms with E-state index in [-0.39, 0.29) is 5.76 Å². The number of aliphatic carboxylic acids is 1. The van der Waals surface area contributed by atoms with Gasteiger partial charge in [0.05, 0.1) is 18.3 Å². The van der Waals surface area contributed by atoms with Gasteiger partial charge in [0.15, 0.2) is 12.4 Å². The summed E-state index contributed by atoms with van der Waals surface area (Å²) in [7, 11) is 0. The predicted octanol–water partition coefficient (Wildman–Crippen LogP) is 1.57. The molecule has 2 heterocycles. The third-order valence-corrected chi connectivity index (χ3v) is 6.96. The van der Waals surface area contributed by atoms with Crippen LogP contribution in [0.25, 0.3) is 0 Å². The van der Waals surface area contributed by atoms with Gasteiger partial charge in [-0.1, -0.05) is 58.3 Å². The third-order valence-electron chi connectivity index (χ3n) is 6.96. The Morgan fingerprint density at radius 2 is 1.24 bits per heavy atom. The number of hydrogen-bond acceptors (Lipinski definition) is 10. The molecule has 10 atom stereocenters. The molecule has 2 fully saturated rings. The summed E-state index contributed by atoms with van der Waals surface area (Å²) in [5, 5.41) is 60.7. The van der Waals surface area contributed by atoms with E-state index in [4.69, 9.17) is 18.9 Å². The van der Waals surface area contributed by atoms with Gasteiger partial charge in [-0.05, 0) is 20.3 Å². The number of allylic oxidation sites excluding steroid dienone is 1. The van der Waals surface area contributed by atoms with E-state index in [9.17, 15) is 35.4 Å². The standard InChI is InChI=1S/C26H46O11/c1-4-5-6-7-8-9-10-11-12-13-17(14-18(27)28)36-26-24(22(32)20(30)16(3)35-26)37-25-23(33)21(31)19(29)15(2)34-25/h14-16,19-26,29-33H,4-13H2,1-3H3,(H,27,28)/t15-,16-,19+,20-,21-,22+,23-,24+,25+,26+/m0/s1. The van der Waals surface area contributed by atoms with Crippen LogP contribution in [-0.2, 0) is 23.7 Å². The Labute approximate surface area is 219 Å². The Bertz CT molecular complexity index is 702. The average molecular weight is 535 g/mol. The van der Waals surface area contributed by atoms with Gasteiger partial charge in [-0.2, -0.15) is 0 Å². The number of aliphatic hydroxyl groups excluding tert-OH is 5. The van der Waals surface area contributed by atoms with Gasteiger partial charge in [0.1, 0.15) is 36.3 Å². The summed E-state index contributed by atoms with van der Waals surface area (Å²) in [6.07, 6.45) is -2.24. The van der Waals surface area contributed by atoms with Crippen molar-refractivity contribution in [2.75, 3.05) is 0 Å². The highest BCUT2D eigenvalue weighted by Crippen LogP contribution is 2.31. The fraction of sp³-hybridized carbons (Fsp3) is 0.885. The van der Waals surface area contributed by atoms with Crippen LogP contribution in [-0.4, -0.2) is 98.0 Å². The van der Waals surface area contributed by atoms with Crippen LogP contribution in [0.5, 0.6) is 0 Å². The topological polar surface area (TPSA) is 175 Å². The fourth-order valence-electron chi connectivity index (χ4n) is 4.58. The lowest BCUT2D eigenvalue weighted by atomic mass is 9.98. The van der Waals surface area contributed by atoms with Gasteiger partial charge in [0.2, 0.25) is 6.29 Å². The molecular weight excluding hydrogens is 488 g/mol. The van der Waals surface area contributed by atoms with Crippen LogP contribution in [0, 0.1) is 0 Å². The largest absolute Gasteiger partial charge is 0.478 e. The van der Waals surface area contributed by atoms with Crippen molar-refractivity contribution in [2.24, 2.45) is 0 Å². The number of unbranched alkanes of at least 4 members (excludes halogenated alkanes) is 8. The maximum absolute atomic E-state index is 11.4. The van der Waals surface area contributed by atoms with Crippen LogP contribution < -0.4 is 0 Å². The Balaban J connectivity index is 2.00. The third kappa shape index (κ3) is 9.74. The van der Waals surface area contributed by atoms with Crippen LogP contribution in [0.2, 0.25) is 0 Å². The first kappa shape index (κ1) is 31.9.